The van der Waals surface area contributed by atoms with Gasteiger partial charge >= 0.3 is 0 Å². The van der Waals surface area contributed by atoms with Crippen LogP contribution in [0, 0.1) is 5.41 Å². The molecule has 1 rings (SSSR count). The lowest BCUT2D eigenvalue weighted by atomic mass is 9.94. The number of nitrogens with one attached hydrogen (secondary N) is 3. The number of aliphatic hydroxyl groups excluding tert-OH is 10. The lowest BCUT2D eigenvalue weighted by molar-refractivity contribution is -0.282. The second-order valence-corrected chi connectivity index (χ2v) is 18.5. The highest BCUT2D eigenvalue weighted by atomic mass is 16.8. The van der Waals surface area contributed by atoms with Gasteiger partial charge in [0.1, 0.15) is 30.7 Å². The van der Waals surface area contributed by atoms with Crippen molar-refractivity contribution in [3.63, 3.8) is 0 Å². The highest BCUT2D eigenvalue weighted by Gasteiger charge is 2.42. The van der Waals surface area contributed by atoms with Crippen molar-refractivity contribution in [1.29, 1.82) is 0 Å². The minimum Gasteiger partial charge on any atom is -0.397 e. The van der Waals surface area contributed by atoms with Gasteiger partial charge in [-0.3, -0.25) is 9.59 Å². The molecule has 0 saturated carbocycles. The maximum atomic E-state index is 12.2. The van der Waals surface area contributed by atoms with E-state index in [-0.39, 0.29) is 170 Å². The quantitative estimate of drug-likeness (QED) is 0.0153. The van der Waals surface area contributed by atoms with E-state index in [0.717, 1.165) is 12.8 Å². The van der Waals surface area contributed by atoms with Crippen molar-refractivity contribution in [2.45, 2.75) is 121 Å². The Kier molecular flexibility index (Phi) is 56.7. The van der Waals surface area contributed by atoms with Crippen LogP contribution in [0.3, 0.4) is 0 Å². The number of carbonyl (C=O) groups is 3. The number of hydrogen-bond acceptors (Lipinski definition) is 31. The zero-order chi connectivity index (χ0) is 63.2. The van der Waals surface area contributed by atoms with Crippen LogP contribution in [0.15, 0.2) is 0 Å². The molecule has 0 aromatic heterocycles. The fraction of sp³-hybridized carbons (Fsp3) is 0.941. The number of ether oxygens (including phenoxy) is 15. The highest BCUT2D eigenvalue weighted by Crippen LogP contribution is 2.21. The van der Waals surface area contributed by atoms with Crippen LogP contribution in [0.25, 0.3) is 0 Å². The van der Waals surface area contributed by atoms with E-state index < -0.39 is 93.0 Å². The fourth-order valence-corrected chi connectivity index (χ4v) is 6.17. The van der Waals surface area contributed by atoms with Crippen LogP contribution in [0.4, 0.5) is 0 Å². The molecule has 2 amide bonds. The second-order valence-electron chi connectivity index (χ2n) is 18.5. The van der Waals surface area contributed by atoms with Crippen molar-refractivity contribution in [3.05, 3.63) is 0 Å². The SMILES string of the molecule is CC(O)C(CO)OC(OCCOCCOCCNC(=O)CCOCC(C)(COCCC=O)COCCC(=O)NCCOCCOCCOC1OC(O)C(O)C1O)C(O)O.CCO.CNCCOCCOCCOC(OC(CO)C(C)O)C(O)O. The Morgan fingerprint density at radius 1 is 0.536 bits per heavy atom. The standard InChI is InChI=1S/C36H68N2O21.C13H29NO8.C2H6O/c1-26(41)27(22-40)58-35(32(46)47)57-21-19-52-17-15-50-13-7-38-29(43)5-11-55-25-36(2,23-53-9-3-8-39)24-54-10-4-28(42)37-6-12-49-14-16-51-18-20-56-34-31(45)30(44)33(48)59-34;1-10(16)11(9-15)22-13(12(17)18)21-8-7-20-6-5-19-4-3-14-2;1-2-3/h8,26-27,30-35,40-41,44-48H,3-7,9-25H2,1-2H3,(H,37,42)(H,38,43);10-18H,3-9H2,1-2H3;3H,2H2,1H3. The summed E-state index contributed by atoms with van der Waals surface area (Å²) in [6, 6.07) is 0. The van der Waals surface area contributed by atoms with Crippen molar-refractivity contribution in [3.8, 4) is 0 Å². The normalized spacial score (nSPS) is 18.9. The minimum absolute atomic E-state index is 0.0530. The molecule has 1 fully saturated rings. The summed E-state index contributed by atoms with van der Waals surface area (Å²) in [7, 11) is 1.84. The summed E-state index contributed by atoms with van der Waals surface area (Å²) < 4.78 is 79.7. The molecular formula is C51H103N3O30. The predicted molar refractivity (Wildman–Crippen MR) is 290 cm³/mol. The summed E-state index contributed by atoms with van der Waals surface area (Å²) in [5.41, 5.74) is -0.617. The zero-order valence-electron chi connectivity index (χ0n) is 49.4. The van der Waals surface area contributed by atoms with Gasteiger partial charge in [-0.15, -0.1) is 0 Å². The van der Waals surface area contributed by atoms with E-state index in [1.807, 2.05) is 14.0 Å². The monoisotopic (exact) mass is 1240 g/mol. The van der Waals surface area contributed by atoms with Crippen LogP contribution >= 0.6 is 0 Å². The number of likely N-dealkylation sites (N-methyl/N-ethyl adjacent to an activating group) is 1. The molecule has 84 heavy (non-hydrogen) atoms. The van der Waals surface area contributed by atoms with Gasteiger partial charge in [0.05, 0.1) is 164 Å². The van der Waals surface area contributed by atoms with Crippen LogP contribution in [0.2, 0.25) is 0 Å². The van der Waals surface area contributed by atoms with E-state index in [0.29, 0.717) is 19.8 Å². The molecule has 15 N–H and O–H groups in total. The topological polar surface area (TPSA) is 469 Å². The molecule has 0 aromatic rings. The van der Waals surface area contributed by atoms with Gasteiger partial charge in [0.2, 0.25) is 37.0 Å². The molecule has 33 heteroatoms. The number of rotatable bonds is 55. The molecule has 0 aromatic carbocycles. The molecule has 0 aliphatic carbocycles. The minimum atomic E-state index is -1.99. The third-order valence-corrected chi connectivity index (χ3v) is 10.7. The Morgan fingerprint density at radius 2 is 0.905 bits per heavy atom. The molecule has 11 unspecified atom stereocenters. The molecular weight excluding hydrogens is 1130 g/mol. The van der Waals surface area contributed by atoms with E-state index in [1.54, 1.807) is 6.92 Å². The van der Waals surface area contributed by atoms with Crippen LogP contribution < -0.4 is 16.0 Å². The number of aldehydes is 1. The maximum absolute atomic E-state index is 12.2. The molecule has 11 atom stereocenters. The van der Waals surface area contributed by atoms with Gasteiger partial charge < -0.3 is 153 Å². The zero-order valence-corrected chi connectivity index (χ0v) is 49.4. The van der Waals surface area contributed by atoms with Crippen molar-refractivity contribution < 1.29 is 147 Å². The van der Waals surface area contributed by atoms with Gasteiger partial charge in [-0.05, 0) is 27.8 Å². The Labute approximate surface area is 491 Å². The molecule has 502 valence electrons. The maximum Gasteiger partial charge on any atom is 0.222 e. The van der Waals surface area contributed by atoms with Crippen LogP contribution in [0.1, 0.15) is 47.0 Å². The third-order valence-electron chi connectivity index (χ3n) is 10.7. The third kappa shape index (κ3) is 47.5. The number of aliphatic hydroxyl groups is 12. The highest BCUT2D eigenvalue weighted by molar-refractivity contribution is 5.76. The van der Waals surface area contributed by atoms with Crippen LogP contribution in [-0.4, -0.2) is 339 Å². The summed E-state index contributed by atoms with van der Waals surface area (Å²) in [6.45, 7) is 11.5. The summed E-state index contributed by atoms with van der Waals surface area (Å²) in [5.74, 6) is -0.465. The molecule has 0 bridgehead atoms. The van der Waals surface area contributed by atoms with Crippen molar-refractivity contribution in [2.75, 3.05) is 185 Å². The summed E-state index contributed by atoms with van der Waals surface area (Å²) >= 11 is 0. The molecule has 1 saturated heterocycles. The van der Waals surface area contributed by atoms with Crippen LogP contribution in [0.5, 0.6) is 0 Å². The average Bonchev–Trinajstić information content (AvgIpc) is 3.97. The van der Waals surface area contributed by atoms with Gasteiger partial charge in [0, 0.05) is 50.9 Å². The molecule has 0 spiro atoms. The van der Waals surface area contributed by atoms with Gasteiger partial charge in [-0.2, -0.15) is 0 Å². The first kappa shape index (κ1) is 83.6. The number of amides is 2. The summed E-state index contributed by atoms with van der Waals surface area (Å²) in [5, 5.41) is 118. The summed E-state index contributed by atoms with van der Waals surface area (Å²) in [4.78, 5) is 35.1. The Balaban J connectivity index is 0. The molecule has 1 aliphatic rings. The van der Waals surface area contributed by atoms with Crippen molar-refractivity contribution in [1.82, 2.24) is 16.0 Å². The number of hydrogen-bond donors (Lipinski definition) is 15. The van der Waals surface area contributed by atoms with Crippen molar-refractivity contribution >= 4 is 18.1 Å². The Hall–Kier alpha value is -2.51. The van der Waals surface area contributed by atoms with Crippen molar-refractivity contribution in [2.24, 2.45) is 5.41 Å². The van der Waals surface area contributed by atoms with E-state index in [9.17, 15) is 55.2 Å². The molecule has 1 heterocycles. The Bertz CT molecular complexity index is 1490. The first-order chi connectivity index (χ1) is 40.3. The molecule has 1 aliphatic heterocycles. The number of carbonyl (C=O) groups excluding carboxylic acids is 3. The van der Waals surface area contributed by atoms with Gasteiger partial charge in [-0.1, -0.05) is 6.92 Å². The second kappa shape index (κ2) is 57.0. The lowest BCUT2D eigenvalue weighted by Crippen LogP contribution is -2.41. The fourth-order valence-electron chi connectivity index (χ4n) is 6.17. The molecule has 0 radical (unpaired) electrons. The van der Waals surface area contributed by atoms with E-state index in [1.165, 1.54) is 13.8 Å². The van der Waals surface area contributed by atoms with Gasteiger partial charge in [-0.25, -0.2) is 0 Å². The van der Waals surface area contributed by atoms with Gasteiger partial charge in [0.25, 0.3) is 0 Å². The van der Waals surface area contributed by atoms with Crippen LogP contribution in [-0.2, 0) is 85.4 Å². The first-order valence-electron chi connectivity index (χ1n) is 27.8. The van der Waals surface area contributed by atoms with E-state index >= 15 is 0 Å². The predicted octanol–water partition coefficient (Wildman–Crippen LogP) is -6.82. The Morgan fingerprint density at radius 3 is 1.25 bits per heavy atom. The van der Waals surface area contributed by atoms with E-state index in [4.69, 9.17) is 91.5 Å². The summed E-state index contributed by atoms with van der Waals surface area (Å²) in [6.07, 6.45) is -15.0. The molecule has 33 nitrogen and oxygen atoms in total. The smallest absolute Gasteiger partial charge is 0.222 e. The van der Waals surface area contributed by atoms with E-state index in [2.05, 4.69) is 16.0 Å². The lowest BCUT2D eigenvalue weighted by Gasteiger charge is -2.29. The largest absolute Gasteiger partial charge is 0.397 e. The first-order valence-corrected chi connectivity index (χ1v) is 27.8. The van der Waals surface area contributed by atoms with Gasteiger partial charge in [0.15, 0.2) is 12.6 Å². The average molecular weight is 1240 g/mol.